The van der Waals surface area contributed by atoms with Crippen molar-refractivity contribution in [1.29, 1.82) is 0 Å². The fourth-order valence-electron chi connectivity index (χ4n) is 2.62. The van der Waals surface area contributed by atoms with Gasteiger partial charge in [0.2, 0.25) is 5.91 Å². The van der Waals surface area contributed by atoms with Crippen molar-refractivity contribution in [2.45, 2.75) is 58.4 Å². The number of carbonyl (C=O) groups excluding carboxylic acids is 1. The molecule has 1 aliphatic carbocycles. The number of aliphatic hydroxyl groups excluding tert-OH is 1. The Morgan fingerprint density at radius 3 is 2.63 bits per heavy atom. The summed E-state index contributed by atoms with van der Waals surface area (Å²) in [6.07, 6.45) is 11.9. The first kappa shape index (κ1) is 16.0. The van der Waals surface area contributed by atoms with E-state index in [-0.39, 0.29) is 24.5 Å². The molecule has 3 nitrogen and oxygen atoms in total. The van der Waals surface area contributed by atoms with E-state index in [1.165, 1.54) is 6.42 Å². The molecule has 0 aromatic heterocycles. The standard InChI is InChI=1S/C16H27NO2/c1-3-13(4-2)10-11-16(19)17-15-9-7-5-6-8-14(15)12-18/h3,10-11,14-15,18H,4-9,12H2,1-2H3,(H,17,19). The molecule has 1 saturated carbocycles. The van der Waals surface area contributed by atoms with E-state index in [4.69, 9.17) is 0 Å². The molecule has 108 valence electrons. The highest BCUT2D eigenvalue weighted by molar-refractivity contribution is 5.88. The summed E-state index contributed by atoms with van der Waals surface area (Å²) in [4.78, 5) is 11.9. The predicted molar refractivity (Wildman–Crippen MR) is 78.8 cm³/mol. The van der Waals surface area contributed by atoms with E-state index in [9.17, 15) is 9.90 Å². The van der Waals surface area contributed by atoms with Crippen molar-refractivity contribution in [3.8, 4) is 0 Å². The monoisotopic (exact) mass is 265 g/mol. The lowest BCUT2D eigenvalue weighted by Gasteiger charge is -2.23. The Balaban J connectivity index is 2.53. The van der Waals surface area contributed by atoms with Gasteiger partial charge in [0.15, 0.2) is 0 Å². The number of rotatable bonds is 5. The maximum Gasteiger partial charge on any atom is 0.244 e. The number of aliphatic hydroxyl groups is 1. The van der Waals surface area contributed by atoms with Crippen LogP contribution in [0.25, 0.3) is 0 Å². The predicted octanol–water partition coefficient (Wildman–Crippen LogP) is 2.96. The van der Waals surface area contributed by atoms with Crippen LogP contribution >= 0.6 is 0 Å². The van der Waals surface area contributed by atoms with Crippen molar-refractivity contribution >= 4 is 5.91 Å². The summed E-state index contributed by atoms with van der Waals surface area (Å²) in [6, 6.07) is 0.125. The number of amides is 1. The molecule has 0 bridgehead atoms. The molecule has 2 N–H and O–H groups in total. The van der Waals surface area contributed by atoms with Crippen molar-refractivity contribution in [1.82, 2.24) is 5.32 Å². The molecule has 1 amide bonds. The highest BCUT2D eigenvalue weighted by atomic mass is 16.3. The topological polar surface area (TPSA) is 49.3 Å². The van der Waals surface area contributed by atoms with Crippen molar-refractivity contribution in [2.24, 2.45) is 5.92 Å². The molecule has 19 heavy (non-hydrogen) atoms. The highest BCUT2D eigenvalue weighted by Gasteiger charge is 2.23. The van der Waals surface area contributed by atoms with Crippen molar-refractivity contribution in [3.63, 3.8) is 0 Å². The largest absolute Gasteiger partial charge is 0.396 e. The number of carbonyl (C=O) groups is 1. The van der Waals surface area contributed by atoms with E-state index < -0.39 is 0 Å². The summed E-state index contributed by atoms with van der Waals surface area (Å²) >= 11 is 0. The maximum absolute atomic E-state index is 11.9. The molecule has 0 saturated heterocycles. The summed E-state index contributed by atoms with van der Waals surface area (Å²) in [5.74, 6) is 0.172. The van der Waals surface area contributed by atoms with Crippen LogP contribution in [-0.4, -0.2) is 23.7 Å². The zero-order valence-corrected chi connectivity index (χ0v) is 12.2. The van der Waals surface area contributed by atoms with Gasteiger partial charge in [0, 0.05) is 24.6 Å². The van der Waals surface area contributed by atoms with Crippen LogP contribution in [-0.2, 0) is 4.79 Å². The number of allylic oxidation sites excluding steroid dienone is 3. The van der Waals surface area contributed by atoms with Gasteiger partial charge in [0.1, 0.15) is 0 Å². The summed E-state index contributed by atoms with van der Waals surface area (Å²) in [5, 5.41) is 12.5. The molecule has 0 aromatic carbocycles. The Bertz CT molecular complexity index is 334. The molecule has 0 aliphatic heterocycles. The first-order chi connectivity index (χ1) is 9.21. The third kappa shape index (κ3) is 5.60. The first-order valence-corrected chi connectivity index (χ1v) is 7.45. The van der Waals surface area contributed by atoms with E-state index in [2.05, 4.69) is 12.2 Å². The lowest BCUT2D eigenvalue weighted by atomic mass is 9.95. The zero-order valence-electron chi connectivity index (χ0n) is 12.2. The second-order valence-electron chi connectivity index (χ2n) is 5.25. The minimum absolute atomic E-state index is 0.0434. The van der Waals surface area contributed by atoms with Crippen LogP contribution in [0, 0.1) is 5.92 Å². The molecule has 0 heterocycles. The Hall–Kier alpha value is -1.09. The third-order valence-corrected chi connectivity index (χ3v) is 3.95. The van der Waals surface area contributed by atoms with Gasteiger partial charge >= 0.3 is 0 Å². The van der Waals surface area contributed by atoms with E-state index in [1.54, 1.807) is 6.08 Å². The summed E-state index contributed by atoms with van der Waals surface area (Å²) < 4.78 is 0. The van der Waals surface area contributed by atoms with Crippen LogP contribution in [0.3, 0.4) is 0 Å². The van der Waals surface area contributed by atoms with Gasteiger partial charge in [0.05, 0.1) is 0 Å². The summed E-state index contributed by atoms with van der Waals surface area (Å²) in [5.41, 5.74) is 1.16. The van der Waals surface area contributed by atoms with Crippen molar-refractivity contribution in [3.05, 3.63) is 23.8 Å². The second-order valence-corrected chi connectivity index (χ2v) is 5.25. The second kappa shape index (κ2) is 8.92. The molecule has 2 unspecified atom stereocenters. The van der Waals surface area contributed by atoms with E-state index in [0.717, 1.165) is 37.7 Å². The molecule has 0 aromatic rings. The van der Waals surface area contributed by atoms with Crippen molar-refractivity contribution < 1.29 is 9.90 Å². The first-order valence-electron chi connectivity index (χ1n) is 7.45. The van der Waals surface area contributed by atoms with Gasteiger partial charge in [-0.05, 0) is 26.2 Å². The van der Waals surface area contributed by atoms with Crippen LogP contribution < -0.4 is 5.32 Å². The van der Waals surface area contributed by atoms with Crippen LogP contribution in [0.15, 0.2) is 23.8 Å². The van der Waals surface area contributed by atoms with E-state index in [0.29, 0.717) is 0 Å². The van der Waals surface area contributed by atoms with Crippen LogP contribution in [0.1, 0.15) is 52.4 Å². The zero-order chi connectivity index (χ0) is 14.1. The average Bonchev–Trinajstić information content (AvgIpc) is 2.65. The van der Waals surface area contributed by atoms with Crippen LogP contribution in [0.4, 0.5) is 0 Å². The molecular weight excluding hydrogens is 238 g/mol. The minimum Gasteiger partial charge on any atom is -0.396 e. The van der Waals surface area contributed by atoms with Gasteiger partial charge in [-0.25, -0.2) is 0 Å². The Kier molecular flexibility index (Phi) is 7.49. The molecule has 1 fully saturated rings. The number of hydrogen-bond donors (Lipinski definition) is 2. The highest BCUT2D eigenvalue weighted by Crippen LogP contribution is 2.23. The Labute approximate surface area is 116 Å². The van der Waals surface area contributed by atoms with Crippen LogP contribution in [0.5, 0.6) is 0 Å². The van der Waals surface area contributed by atoms with E-state index in [1.807, 2.05) is 19.1 Å². The van der Waals surface area contributed by atoms with Gasteiger partial charge in [-0.15, -0.1) is 0 Å². The quantitative estimate of drug-likeness (QED) is 0.456. The Morgan fingerprint density at radius 2 is 2.00 bits per heavy atom. The lowest BCUT2D eigenvalue weighted by Crippen LogP contribution is -2.40. The molecule has 3 heteroatoms. The number of hydrogen-bond acceptors (Lipinski definition) is 2. The summed E-state index contributed by atoms with van der Waals surface area (Å²) in [6.45, 7) is 4.22. The molecule has 0 radical (unpaired) electrons. The smallest absolute Gasteiger partial charge is 0.244 e. The lowest BCUT2D eigenvalue weighted by molar-refractivity contribution is -0.117. The van der Waals surface area contributed by atoms with Gasteiger partial charge in [0.25, 0.3) is 0 Å². The summed E-state index contributed by atoms with van der Waals surface area (Å²) in [7, 11) is 0. The van der Waals surface area contributed by atoms with Crippen molar-refractivity contribution in [2.75, 3.05) is 6.61 Å². The maximum atomic E-state index is 11.9. The van der Waals surface area contributed by atoms with Gasteiger partial charge in [-0.3, -0.25) is 4.79 Å². The average molecular weight is 265 g/mol. The number of nitrogens with one attached hydrogen (secondary N) is 1. The minimum atomic E-state index is -0.0434. The Morgan fingerprint density at radius 1 is 1.26 bits per heavy atom. The van der Waals surface area contributed by atoms with Gasteiger partial charge in [-0.1, -0.05) is 43.9 Å². The van der Waals surface area contributed by atoms with Crippen LogP contribution in [0.2, 0.25) is 0 Å². The van der Waals surface area contributed by atoms with E-state index >= 15 is 0 Å². The third-order valence-electron chi connectivity index (χ3n) is 3.95. The normalized spacial score (nSPS) is 25.3. The molecular formula is C16H27NO2. The molecule has 1 aliphatic rings. The molecule has 0 spiro atoms. The SMILES string of the molecule is CC=C(C=CC(=O)NC1CCCCCC1CO)CC. The van der Waals surface area contributed by atoms with Gasteiger partial charge < -0.3 is 10.4 Å². The fraction of sp³-hybridized carbons (Fsp3) is 0.688. The molecule has 1 rings (SSSR count). The molecule has 2 atom stereocenters. The van der Waals surface area contributed by atoms with Gasteiger partial charge in [-0.2, -0.15) is 0 Å². The fourth-order valence-corrected chi connectivity index (χ4v) is 2.62.